The van der Waals surface area contributed by atoms with Crippen molar-refractivity contribution in [3.63, 3.8) is 0 Å². The molecule has 0 aromatic heterocycles. The lowest BCUT2D eigenvalue weighted by atomic mass is 9.94. The molecule has 2 unspecified atom stereocenters. The number of aliphatic hydroxyl groups excluding tert-OH is 4. The Kier molecular flexibility index (Phi) is 64.2. The number of carboxylic acids is 14. The summed E-state index contributed by atoms with van der Waals surface area (Å²) >= 11 is 0. The van der Waals surface area contributed by atoms with Crippen LogP contribution in [0.4, 0.5) is 0 Å². The first kappa shape index (κ1) is 136. The smallest absolute Gasteiger partial charge is 0.332 e. The first-order valence-electron chi connectivity index (χ1n) is 42.9. The van der Waals surface area contributed by atoms with Gasteiger partial charge in [-0.05, 0) is 175 Å². The van der Waals surface area contributed by atoms with Gasteiger partial charge in [-0.1, -0.05) is 140 Å². The molecule has 0 saturated carbocycles. The third kappa shape index (κ3) is 57.6. The number of aromatic hydroxyl groups is 9. The van der Waals surface area contributed by atoms with Gasteiger partial charge in [-0.25, -0.2) is 9.59 Å². The number of hydrogen-bond donors (Lipinski definition) is 39. The van der Waals surface area contributed by atoms with E-state index in [1.807, 2.05) is 54.6 Å². The number of phenols is 9. The Hall–Kier alpha value is -16.6. The van der Waals surface area contributed by atoms with Crippen molar-refractivity contribution in [1.29, 1.82) is 0 Å². The van der Waals surface area contributed by atoms with E-state index in [9.17, 15) is 82.4 Å². The monoisotopic (exact) mass is 2090 g/mol. The molecular weight excluding hydrogens is 1970 g/mol. The molecule has 148 heavy (non-hydrogen) atoms. The highest BCUT2D eigenvalue weighted by Crippen LogP contribution is 2.31. The average Bonchev–Trinajstić information content (AvgIpc) is 0.774. The molecule has 0 amide bonds. The summed E-state index contributed by atoms with van der Waals surface area (Å²) in [6.07, 6.45) is -2.82. The molecule has 0 aliphatic rings. The van der Waals surface area contributed by atoms with Gasteiger partial charge in [-0.2, -0.15) is 0 Å². The van der Waals surface area contributed by atoms with Crippen LogP contribution in [0.2, 0.25) is 0 Å². The summed E-state index contributed by atoms with van der Waals surface area (Å²) in [5.41, 5.74) is 65.2. The summed E-state index contributed by atoms with van der Waals surface area (Å²) in [6.45, 7) is 2.74. The second-order valence-electron chi connectivity index (χ2n) is 31.7. The highest BCUT2D eigenvalue weighted by atomic mass is 16.4. The van der Waals surface area contributed by atoms with Crippen LogP contribution in [0.3, 0.4) is 0 Å². The molecule has 9 aromatic rings. The van der Waals surface area contributed by atoms with E-state index in [2.05, 4.69) is 0 Å². The van der Waals surface area contributed by atoms with Crippen molar-refractivity contribution in [2.24, 2.45) is 74.7 Å². The second-order valence-corrected chi connectivity index (χ2v) is 31.7. The molecular formula is C95H128N12O41. The molecule has 0 heterocycles. The van der Waals surface area contributed by atoms with Crippen molar-refractivity contribution in [3.05, 3.63) is 245 Å². The van der Waals surface area contributed by atoms with Crippen LogP contribution < -0.4 is 68.8 Å². The van der Waals surface area contributed by atoms with E-state index in [1.165, 1.54) is 105 Å². The minimum Gasteiger partial charge on any atom is -0.508 e. The van der Waals surface area contributed by atoms with Gasteiger partial charge in [0, 0.05) is 38.9 Å². The van der Waals surface area contributed by atoms with Crippen molar-refractivity contribution in [3.8, 4) is 51.7 Å². The molecule has 53 heteroatoms. The maximum Gasteiger partial charge on any atom is 0.332 e. The Morgan fingerprint density at radius 2 is 0.534 bits per heavy atom. The van der Waals surface area contributed by atoms with Crippen molar-refractivity contribution >= 4 is 94.3 Å². The standard InChI is InChI=1S/C13H13NO2.C11H15NO4.2C10H13NO4.C9H11NO4.C8H9NO3.2C8H9NO2.2C5H9NO5.2C4H9NO3/c14-12(13(15)16)8-9-5-6-10-3-1-2-4-11(10)7-9;12-4-3-8(11(15)16)5-7-1-2-9(13)10(14)6-7;2*1-10(11,9(14)15)5-6-2-3-7(12)8(13)4-6;10-6(9(13)14)3-5-1-2-7(11)8(12)4-5;9-7(8(11)12)5-1-3-6(10)4-2-5;2*9-7(8(10)11)6-4-2-1-3-5-6;2*6-2(4(8)9)1-3(7)5(10)11;2*5-3(1-2-6)4(7)8/h1-7,12H,8,14H2,(H,15,16);1-2,6,8,13-14H,3-5,12H2,(H,15,16);2*2-4,12-13H,5,11H2,1H3,(H,14,15);1-2,4,6,11-12H,3,10H2,(H,13,14);1-4,7,10H,9H2,(H,11,12);2*1-5,7H,9H2,(H,10,11);2*2-3,7H,1,6H2,(H,8,9)(H,10,11);2*3,6H,1-2,5H2,(H,7,8)/t12-;8-;2*10-;6-;3*7-;2*2-,3?;2*3-/m011001101010/s1. The Labute approximate surface area is 842 Å². The van der Waals surface area contributed by atoms with Gasteiger partial charge in [0.2, 0.25) is 0 Å². The molecule has 0 aliphatic heterocycles. The quantitative estimate of drug-likeness (QED) is 0.0218. The largest absolute Gasteiger partial charge is 0.508 e. The summed E-state index contributed by atoms with van der Waals surface area (Å²) in [4.78, 5) is 144. The van der Waals surface area contributed by atoms with Crippen LogP contribution in [0.5, 0.6) is 51.7 Å². The van der Waals surface area contributed by atoms with Crippen LogP contribution in [0.1, 0.15) is 109 Å². The van der Waals surface area contributed by atoms with E-state index in [4.69, 9.17) is 191 Å². The third-order valence-electron chi connectivity index (χ3n) is 19.0. The van der Waals surface area contributed by atoms with E-state index >= 15 is 0 Å². The van der Waals surface area contributed by atoms with Gasteiger partial charge < -0.3 is 207 Å². The van der Waals surface area contributed by atoms with Gasteiger partial charge in [0.25, 0.3) is 0 Å². The van der Waals surface area contributed by atoms with Crippen molar-refractivity contribution in [2.45, 2.75) is 156 Å². The molecule has 53 nitrogen and oxygen atoms in total. The number of hydrogen-bond acceptors (Lipinski definition) is 39. The van der Waals surface area contributed by atoms with E-state index in [1.54, 1.807) is 54.6 Å². The number of nitrogens with two attached hydrogens (primary N) is 12. The zero-order valence-corrected chi connectivity index (χ0v) is 79.4. The van der Waals surface area contributed by atoms with E-state index in [0.29, 0.717) is 64.8 Å². The van der Waals surface area contributed by atoms with Gasteiger partial charge in [0.05, 0.1) is 5.92 Å². The number of carboxylic acid groups (broad SMARTS) is 14. The minimum absolute atomic E-state index is 0.0795. The van der Waals surface area contributed by atoms with E-state index < -0.39 is 180 Å². The molecule has 0 saturated heterocycles. The van der Waals surface area contributed by atoms with Gasteiger partial charge in [0.1, 0.15) is 71.2 Å². The Bertz CT molecular complexity index is 5450. The van der Waals surface area contributed by atoms with Crippen LogP contribution in [0.15, 0.2) is 200 Å². The summed E-state index contributed by atoms with van der Waals surface area (Å²) in [5.74, 6) is -18.5. The molecule has 9 aromatic carbocycles. The number of benzene rings is 9. The summed E-state index contributed by atoms with van der Waals surface area (Å²) < 4.78 is 0. The maximum atomic E-state index is 10.9. The van der Waals surface area contributed by atoms with Crippen LogP contribution in [-0.4, -0.2) is 301 Å². The minimum atomic E-state index is -1.71. The molecule has 814 valence electrons. The topological polar surface area (TPSA) is 1100 Å². The Morgan fingerprint density at radius 1 is 0.270 bits per heavy atom. The Balaban J connectivity index is -0.00000156. The van der Waals surface area contributed by atoms with Crippen molar-refractivity contribution < 1.29 is 205 Å². The zero-order valence-electron chi connectivity index (χ0n) is 79.4. The number of aliphatic carboxylic acids is 14. The number of aliphatic hydroxyl groups is 4. The summed E-state index contributed by atoms with van der Waals surface area (Å²) in [6, 6.07) is 44.5. The Morgan fingerprint density at radius 3 is 0.791 bits per heavy atom. The fourth-order valence-corrected chi connectivity index (χ4v) is 10.4. The SMILES string of the molecule is C[C@@](N)(Cc1ccc(O)c(O)c1)C(=O)O.C[C@](N)(Cc1ccc(O)c(O)c1)C(=O)O.NCC[C@H](Cc1ccc(O)c(O)c1)C(=O)O.N[C@@H](C(=O)O)c1ccc(O)cc1.N[C@@H](C(=O)O)c1ccccc1.N[C@@H](CC(O)C(=O)O)C(=O)O.N[C@@H](CCO)C(=O)O.N[C@@H](Cc1ccc(O)c(O)c1)C(=O)O.N[C@@H](Cc1ccc2ccccc2c1)C(=O)O.N[C@H](C(=O)O)c1ccccc1.N[C@H](CC(O)C(=O)O)C(=O)O.N[C@H](CCO)C(=O)O. The van der Waals surface area contributed by atoms with Crippen LogP contribution in [-0.2, 0) is 99.2 Å². The molecule has 51 N–H and O–H groups in total. The molecule has 0 aliphatic carbocycles. The third-order valence-corrected chi connectivity index (χ3v) is 19.0. The predicted octanol–water partition coefficient (Wildman–Crippen LogP) is -0.531. The van der Waals surface area contributed by atoms with E-state index in [-0.39, 0.29) is 97.1 Å². The van der Waals surface area contributed by atoms with Crippen LogP contribution >= 0.6 is 0 Å². The normalized spacial score (nSPS) is 13.4. The highest BCUT2D eigenvalue weighted by molar-refractivity contribution is 5.84. The number of carbonyl (C=O) groups is 14. The maximum absolute atomic E-state index is 10.9. The molecule has 0 radical (unpaired) electrons. The number of fused-ring (bicyclic) bond motifs is 1. The molecule has 0 bridgehead atoms. The van der Waals surface area contributed by atoms with Gasteiger partial charge in [-0.15, -0.1) is 0 Å². The lowest BCUT2D eigenvalue weighted by Crippen LogP contribution is -2.46. The predicted molar refractivity (Wildman–Crippen MR) is 525 cm³/mol. The number of phenolic OH excluding ortho intramolecular Hbond substituents is 9. The summed E-state index contributed by atoms with van der Waals surface area (Å²) in [5, 5.41) is 236. The second kappa shape index (κ2) is 70.2. The van der Waals surface area contributed by atoms with Crippen LogP contribution in [0.25, 0.3) is 10.8 Å². The van der Waals surface area contributed by atoms with Crippen LogP contribution in [0, 0.1) is 5.92 Å². The van der Waals surface area contributed by atoms with Gasteiger partial charge in [-0.3, -0.25) is 57.5 Å². The van der Waals surface area contributed by atoms with Gasteiger partial charge >= 0.3 is 83.6 Å². The lowest BCUT2D eigenvalue weighted by Gasteiger charge is -2.19. The number of rotatable bonds is 37. The first-order chi connectivity index (χ1) is 68.7. The average molecular weight is 2090 g/mol. The van der Waals surface area contributed by atoms with Gasteiger partial charge in [0.15, 0.2) is 58.2 Å². The zero-order chi connectivity index (χ0) is 115. The highest BCUT2D eigenvalue weighted by Gasteiger charge is 2.31. The van der Waals surface area contributed by atoms with E-state index in [0.717, 1.165) is 16.3 Å². The first-order valence-corrected chi connectivity index (χ1v) is 42.9. The molecule has 9 rings (SSSR count). The lowest BCUT2D eigenvalue weighted by molar-refractivity contribution is -0.149. The summed E-state index contributed by atoms with van der Waals surface area (Å²) in [7, 11) is 0. The van der Waals surface area contributed by atoms with Crippen molar-refractivity contribution in [2.75, 3.05) is 19.8 Å². The fourth-order valence-electron chi connectivity index (χ4n) is 10.4. The van der Waals surface area contributed by atoms with Crippen molar-refractivity contribution in [1.82, 2.24) is 0 Å². The molecule has 0 fully saturated rings. The molecule has 14 atom stereocenters. The fraction of sp³-hybridized carbons (Fsp3) is 0.305. The molecule has 0 spiro atoms.